The maximum Gasteiger partial charge on any atom is 0.146 e. The standard InChI is InChI=1S/C13H21FN2/c1-9(2)10(3)7-16-8-11-5-4-6-12(14)13(11)15/h4-6,9-10,16H,7-8,15H2,1-3H3. The third kappa shape index (κ3) is 3.49. The highest BCUT2D eigenvalue weighted by atomic mass is 19.1. The normalized spacial score (nSPS) is 13.1. The average molecular weight is 224 g/mol. The summed E-state index contributed by atoms with van der Waals surface area (Å²) in [4.78, 5) is 0. The third-order valence-corrected chi connectivity index (χ3v) is 3.06. The fourth-order valence-corrected chi connectivity index (χ4v) is 1.41. The summed E-state index contributed by atoms with van der Waals surface area (Å²) in [6, 6.07) is 4.93. The Labute approximate surface area is 97.0 Å². The molecule has 0 aliphatic heterocycles. The van der Waals surface area contributed by atoms with Crippen LogP contribution in [-0.2, 0) is 6.54 Å². The number of para-hydroxylation sites is 1. The Bertz CT molecular complexity index is 337. The lowest BCUT2D eigenvalue weighted by atomic mass is 9.98. The van der Waals surface area contributed by atoms with Crippen LogP contribution in [0.4, 0.5) is 10.1 Å². The lowest BCUT2D eigenvalue weighted by molar-refractivity contribution is 0.392. The van der Waals surface area contributed by atoms with Gasteiger partial charge in [-0.05, 0) is 30.0 Å². The van der Waals surface area contributed by atoms with Gasteiger partial charge in [-0.2, -0.15) is 0 Å². The molecule has 0 amide bonds. The van der Waals surface area contributed by atoms with Gasteiger partial charge in [0.15, 0.2) is 0 Å². The summed E-state index contributed by atoms with van der Waals surface area (Å²) < 4.78 is 13.1. The third-order valence-electron chi connectivity index (χ3n) is 3.06. The predicted octanol–water partition coefficient (Wildman–Crippen LogP) is 2.79. The number of rotatable bonds is 5. The molecule has 0 aromatic heterocycles. The molecule has 3 N–H and O–H groups in total. The van der Waals surface area contributed by atoms with Gasteiger partial charge in [-0.15, -0.1) is 0 Å². The van der Waals surface area contributed by atoms with Gasteiger partial charge < -0.3 is 11.1 Å². The molecule has 0 fully saturated rings. The Kier molecular flexibility index (Phi) is 4.74. The van der Waals surface area contributed by atoms with Crippen LogP contribution in [0.3, 0.4) is 0 Å². The van der Waals surface area contributed by atoms with Crippen molar-refractivity contribution >= 4 is 5.69 Å². The minimum atomic E-state index is -0.337. The van der Waals surface area contributed by atoms with Crippen LogP contribution in [0.5, 0.6) is 0 Å². The van der Waals surface area contributed by atoms with E-state index >= 15 is 0 Å². The molecule has 0 aliphatic rings. The van der Waals surface area contributed by atoms with Crippen molar-refractivity contribution in [2.75, 3.05) is 12.3 Å². The molecule has 1 rings (SSSR count). The van der Waals surface area contributed by atoms with Crippen molar-refractivity contribution < 1.29 is 4.39 Å². The zero-order chi connectivity index (χ0) is 12.1. The quantitative estimate of drug-likeness (QED) is 0.755. The first-order chi connectivity index (χ1) is 7.52. The number of halogens is 1. The van der Waals surface area contributed by atoms with Gasteiger partial charge in [0.1, 0.15) is 5.82 Å². The molecule has 3 heteroatoms. The highest BCUT2D eigenvalue weighted by Gasteiger charge is 2.07. The second-order valence-electron chi connectivity index (χ2n) is 4.66. The number of nitrogen functional groups attached to an aromatic ring is 1. The highest BCUT2D eigenvalue weighted by Crippen LogP contribution is 2.15. The molecule has 0 saturated carbocycles. The van der Waals surface area contributed by atoms with Crippen LogP contribution < -0.4 is 11.1 Å². The van der Waals surface area contributed by atoms with E-state index in [0.717, 1.165) is 12.1 Å². The van der Waals surface area contributed by atoms with Crippen molar-refractivity contribution in [2.24, 2.45) is 11.8 Å². The van der Waals surface area contributed by atoms with E-state index in [1.807, 2.05) is 6.07 Å². The second kappa shape index (κ2) is 5.85. The summed E-state index contributed by atoms with van der Waals surface area (Å²) in [7, 11) is 0. The molecule has 0 bridgehead atoms. The van der Waals surface area contributed by atoms with E-state index in [-0.39, 0.29) is 11.5 Å². The zero-order valence-electron chi connectivity index (χ0n) is 10.3. The van der Waals surface area contributed by atoms with E-state index in [1.54, 1.807) is 6.07 Å². The zero-order valence-corrected chi connectivity index (χ0v) is 10.3. The predicted molar refractivity (Wildman–Crippen MR) is 66.5 cm³/mol. The van der Waals surface area contributed by atoms with Gasteiger partial charge in [-0.3, -0.25) is 0 Å². The summed E-state index contributed by atoms with van der Waals surface area (Å²) in [5, 5.41) is 3.30. The molecule has 2 nitrogen and oxygen atoms in total. The fraction of sp³-hybridized carbons (Fsp3) is 0.538. The molecular weight excluding hydrogens is 203 g/mol. The molecule has 0 saturated heterocycles. The summed E-state index contributed by atoms with van der Waals surface area (Å²) in [6.07, 6.45) is 0. The Balaban J connectivity index is 2.46. The van der Waals surface area contributed by atoms with E-state index in [1.165, 1.54) is 6.07 Å². The van der Waals surface area contributed by atoms with Gasteiger partial charge in [-0.1, -0.05) is 32.9 Å². The van der Waals surface area contributed by atoms with Crippen molar-refractivity contribution in [3.05, 3.63) is 29.6 Å². The molecule has 0 heterocycles. The molecule has 0 radical (unpaired) electrons. The lowest BCUT2D eigenvalue weighted by Gasteiger charge is -2.16. The molecule has 0 spiro atoms. The number of benzene rings is 1. The van der Waals surface area contributed by atoms with Gasteiger partial charge in [0, 0.05) is 6.54 Å². The van der Waals surface area contributed by atoms with Gasteiger partial charge >= 0.3 is 0 Å². The van der Waals surface area contributed by atoms with Crippen LogP contribution in [0, 0.1) is 17.7 Å². The topological polar surface area (TPSA) is 38.0 Å². The van der Waals surface area contributed by atoms with Crippen molar-refractivity contribution in [1.29, 1.82) is 0 Å². The van der Waals surface area contributed by atoms with E-state index in [9.17, 15) is 4.39 Å². The summed E-state index contributed by atoms with van der Waals surface area (Å²) in [5.41, 5.74) is 6.73. The molecule has 1 unspecified atom stereocenters. The SMILES string of the molecule is CC(C)C(C)CNCc1cccc(F)c1N. The molecule has 1 aromatic carbocycles. The van der Waals surface area contributed by atoms with Crippen LogP contribution in [-0.4, -0.2) is 6.54 Å². The molecule has 1 atom stereocenters. The second-order valence-corrected chi connectivity index (χ2v) is 4.66. The van der Waals surface area contributed by atoms with E-state index < -0.39 is 0 Å². The van der Waals surface area contributed by atoms with Crippen molar-refractivity contribution in [3.63, 3.8) is 0 Å². The number of nitrogens with two attached hydrogens (primary N) is 1. The van der Waals surface area contributed by atoms with Crippen LogP contribution in [0.25, 0.3) is 0 Å². The first-order valence-corrected chi connectivity index (χ1v) is 5.76. The Morgan fingerprint density at radius 2 is 2.00 bits per heavy atom. The van der Waals surface area contributed by atoms with Crippen LogP contribution >= 0.6 is 0 Å². The maximum absolute atomic E-state index is 13.1. The summed E-state index contributed by atoms with van der Waals surface area (Å²) >= 11 is 0. The Hall–Kier alpha value is -1.09. The first-order valence-electron chi connectivity index (χ1n) is 5.76. The Morgan fingerprint density at radius 1 is 1.31 bits per heavy atom. The van der Waals surface area contributed by atoms with Crippen molar-refractivity contribution in [1.82, 2.24) is 5.32 Å². The number of hydrogen-bond donors (Lipinski definition) is 2. The van der Waals surface area contributed by atoms with Crippen LogP contribution in [0.2, 0.25) is 0 Å². The minimum Gasteiger partial charge on any atom is -0.396 e. The summed E-state index contributed by atoms with van der Waals surface area (Å²) in [6.45, 7) is 8.15. The maximum atomic E-state index is 13.1. The molecular formula is C13H21FN2. The lowest BCUT2D eigenvalue weighted by Crippen LogP contribution is -2.24. The fourth-order valence-electron chi connectivity index (χ4n) is 1.41. The Morgan fingerprint density at radius 3 is 2.62 bits per heavy atom. The smallest absolute Gasteiger partial charge is 0.146 e. The van der Waals surface area contributed by atoms with Crippen molar-refractivity contribution in [3.8, 4) is 0 Å². The van der Waals surface area contributed by atoms with Gasteiger partial charge in [-0.25, -0.2) is 4.39 Å². The summed E-state index contributed by atoms with van der Waals surface area (Å²) in [5.74, 6) is 0.920. The van der Waals surface area contributed by atoms with Gasteiger partial charge in [0.2, 0.25) is 0 Å². The van der Waals surface area contributed by atoms with E-state index in [2.05, 4.69) is 26.1 Å². The number of nitrogens with one attached hydrogen (secondary N) is 1. The van der Waals surface area contributed by atoms with Gasteiger partial charge in [0.25, 0.3) is 0 Å². The molecule has 90 valence electrons. The molecule has 0 aliphatic carbocycles. The number of anilines is 1. The van der Waals surface area contributed by atoms with E-state index in [4.69, 9.17) is 5.73 Å². The molecule has 16 heavy (non-hydrogen) atoms. The minimum absolute atomic E-state index is 0.257. The monoisotopic (exact) mass is 224 g/mol. The van der Waals surface area contributed by atoms with Crippen LogP contribution in [0.1, 0.15) is 26.3 Å². The first kappa shape index (κ1) is 13.0. The highest BCUT2D eigenvalue weighted by molar-refractivity contribution is 5.47. The largest absolute Gasteiger partial charge is 0.396 e. The van der Waals surface area contributed by atoms with Crippen molar-refractivity contribution in [2.45, 2.75) is 27.3 Å². The number of hydrogen-bond acceptors (Lipinski definition) is 2. The van der Waals surface area contributed by atoms with E-state index in [0.29, 0.717) is 18.4 Å². The molecule has 1 aromatic rings. The van der Waals surface area contributed by atoms with Gasteiger partial charge in [0.05, 0.1) is 5.69 Å². The van der Waals surface area contributed by atoms with Crippen LogP contribution in [0.15, 0.2) is 18.2 Å². The average Bonchev–Trinajstić information content (AvgIpc) is 2.24.